The number of fused-ring (bicyclic) bond motifs is 1. The average Bonchev–Trinajstić information content (AvgIpc) is 2.92. The molecule has 2 heterocycles. The maximum atomic E-state index is 5.81. The van der Waals surface area contributed by atoms with E-state index in [-0.39, 0.29) is 0 Å². The molecular formula is C13H13ClN4S. The summed E-state index contributed by atoms with van der Waals surface area (Å²) in [6, 6.07) is 6.20. The minimum absolute atomic E-state index is 0.576. The molecule has 3 rings (SSSR count). The van der Waals surface area contributed by atoms with Crippen LogP contribution in [0.15, 0.2) is 24.4 Å². The van der Waals surface area contributed by atoms with Crippen LogP contribution in [0.25, 0.3) is 11.0 Å². The van der Waals surface area contributed by atoms with Crippen LogP contribution >= 0.6 is 22.9 Å². The van der Waals surface area contributed by atoms with E-state index in [4.69, 9.17) is 11.6 Å². The highest BCUT2D eigenvalue weighted by atomic mass is 35.5. The van der Waals surface area contributed by atoms with Gasteiger partial charge in [-0.2, -0.15) is 0 Å². The summed E-state index contributed by atoms with van der Waals surface area (Å²) in [6.45, 7) is 2.73. The molecule has 3 aromatic rings. The van der Waals surface area contributed by atoms with Gasteiger partial charge in [0.2, 0.25) is 0 Å². The normalized spacial score (nSPS) is 11.1. The molecule has 0 atom stereocenters. The van der Waals surface area contributed by atoms with Crippen LogP contribution in [0.4, 0.5) is 5.69 Å². The summed E-state index contributed by atoms with van der Waals surface area (Å²) in [5, 5.41) is 3.36. The van der Waals surface area contributed by atoms with E-state index in [1.54, 1.807) is 6.20 Å². The van der Waals surface area contributed by atoms with E-state index in [9.17, 15) is 0 Å². The highest BCUT2D eigenvalue weighted by molar-refractivity contribution is 7.15. The second-order valence-corrected chi connectivity index (χ2v) is 6.05. The van der Waals surface area contributed by atoms with Crippen molar-refractivity contribution in [2.24, 2.45) is 7.05 Å². The number of hydrogen-bond acceptors (Lipinski definition) is 4. The van der Waals surface area contributed by atoms with E-state index in [1.165, 1.54) is 11.3 Å². The Kier molecular flexibility index (Phi) is 3.16. The standard InChI is InChI=1S/C13H13ClN4S/c1-8-17-11-5-9(3-4-12(11)18(8)2)15-6-10-7-16-13(14)19-10/h3-5,7,15H,6H2,1-2H3. The fourth-order valence-electron chi connectivity index (χ4n) is 1.98. The molecule has 0 aliphatic carbocycles. The Morgan fingerprint density at radius 3 is 3.00 bits per heavy atom. The van der Waals surface area contributed by atoms with Gasteiger partial charge >= 0.3 is 0 Å². The van der Waals surface area contributed by atoms with E-state index in [0.717, 1.165) is 34.0 Å². The minimum Gasteiger partial charge on any atom is -0.380 e. The molecule has 98 valence electrons. The Balaban J connectivity index is 1.81. The quantitative estimate of drug-likeness (QED) is 0.802. The Labute approximate surface area is 120 Å². The van der Waals surface area contributed by atoms with Gasteiger partial charge in [-0.05, 0) is 25.1 Å². The molecule has 1 N–H and O–H groups in total. The number of halogens is 1. The molecule has 19 heavy (non-hydrogen) atoms. The van der Waals surface area contributed by atoms with Crippen LogP contribution in [-0.2, 0) is 13.6 Å². The van der Waals surface area contributed by atoms with Crippen LogP contribution in [0, 0.1) is 6.92 Å². The lowest BCUT2D eigenvalue weighted by molar-refractivity contribution is 0.886. The van der Waals surface area contributed by atoms with E-state index < -0.39 is 0 Å². The molecule has 0 aliphatic heterocycles. The van der Waals surface area contributed by atoms with Crippen molar-refractivity contribution in [3.63, 3.8) is 0 Å². The number of aromatic nitrogens is 3. The summed E-state index contributed by atoms with van der Waals surface area (Å²) < 4.78 is 2.66. The number of nitrogens with one attached hydrogen (secondary N) is 1. The molecule has 0 saturated heterocycles. The van der Waals surface area contributed by atoms with Crippen LogP contribution in [-0.4, -0.2) is 14.5 Å². The second kappa shape index (κ2) is 4.83. The molecule has 0 fully saturated rings. The highest BCUT2D eigenvalue weighted by Crippen LogP contribution is 2.22. The first-order chi connectivity index (χ1) is 9.13. The molecular weight excluding hydrogens is 280 g/mol. The minimum atomic E-state index is 0.576. The van der Waals surface area contributed by atoms with Crippen LogP contribution < -0.4 is 5.32 Å². The van der Waals surface area contributed by atoms with Crippen LogP contribution in [0.1, 0.15) is 10.7 Å². The van der Waals surface area contributed by atoms with Crippen molar-refractivity contribution in [2.75, 3.05) is 5.32 Å². The zero-order valence-electron chi connectivity index (χ0n) is 10.6. The summed E-state index contributed by atoms with van der Waals surface area (Å²) in [4.78, 5) is 9.66. The Morgan fingerprint density at radius 1 is 1.42 bits per heavy atom. The van der Waals surface area contributed by atoms with Crippen molar-refractivity contribution in [2.45, 2.75) is 13.5 Å². The van der Waals surface area contributed by atoms with Crippen LogP contribution in [0.5, 0.6) is 0 Å². The van der Waals surface area contributed by atoms with Gasteiger partial charge in [-0.15, -0.1) is 11.3 Å². The van der Waals surface area contributed by atoms with Gasteiger partial charge in [0.1, 0.15) is 5.82 Å². The summed E-state index contributed by atoms with van der Waals surface area (Å²) in [5.74, 6) is 1.02. The van der Waals surface area contributed by atoms with Gasteiger partial charge in [-0.1, -0.05) is 11.6 Å². The van der Waals surface area contributed by atoms with Gasteiger partial charge in [0, 0.05) is 23.8 Å². The summed E-state index contributed by atoms with van der Waals surface area (Å²) >= 11 is 7.30. The Bertz CT molecular complexity index is 731. The number of benzene rings is 1. The van der Waals surface area contributed by atoms with E-state index in [0.29, 0.717) is 4.47 Å². The SMILES string of the molecule is Cc1nc2cc(NCc3cnc(Cl)s3)ccc2n1C. The number of thiazole rings is 1. The molecule has 1 aromatic carbocycles. The topological polar surface area (TPSA) is 42.7 Å². The van der Waals surface area contributed by atoms with Crippen molar-refractivity contribution in [3.05, 3.63) is 39.6 Å². The number of anilines is 1. The van der Waals surface area contributed by atoms with Gasteiger partial charge in [0.05, 0.1) is 17.6 Å². The van der Waals surface area contributed by atoms with Gasteiger partial charge in [-0.3, -0.25) is 0 Å². The second-order valence-electron chi connectivity index (χ2n) is 4.35. The maximum Gasteiger partial charge on any atom is 0.183 e. The molecule has 0 saturated carbocycles. The first kappa shape index (κ1) is 12.4. The lowest BCUT2D eigenvalue weighted by Crippen LogP contribution is -1.97. The lowest BCUT2D eigenvalue weighted by atomic mass is 10.2. The van der Waals surface area contributed by atoms with Crippen LogP contribution in [0.3, 0.4) is 0 Å². The fraction of sp³-hybridized carbons (Fsp3) is 0.231. The molecule has 0 spiro atoms. The van der Waals surface area contributed by atoms with Crippen molar-refractivity contribution in [3.8, 4) is 0 Å². The third-order valence-electron chi connectivity index (χ3n) is 3.10. The van der Waals surface area contributed by atoms with E-state index in [1.807, 2.05) is 14.0 Å². The molecule has 4 nitrogen and oxygen atoms in total. The molecule has 0 aliphatic rings. The molecule has 0 bridgehead atoms. The molecule has 2 aromatic heterocycles. The van der Waals surface area contributed by atoms with Gasteiger partial charge in [-0.25, -0.2) is 9.97 Å². The Morgan fingerprint density at radius 2 is 2.26 bits per heavy atom. The average molecular weight is 293 g/mol. The monoisotopic (exact) mass is 292 g/mol. The fourth-order valence-corrected chi connectivity index (χ4v) is 2.90. The number of imidazole rings is 1. The lowest BCUT2D eigenvalue weighted by Gasteiger charge is -2.04. The Hall–Kier alpha value is -1.59. The smallest absolute Gasteiger partial charge is 0.183 e. The predicted octanol–water partition coefficient (Wildman–Crippen LogP) is 3.60. The van der Waals surface area contributed by atoms with Gasteiger partial charge in [0.25, 0.3) is 0 Å². The summed E-state index contributed by atoms with van der Waals surface area (Å²) in [6.07, 6.45) is 1.80. The van der Waals surface area contributed by atoms with Crippen molar-refractivity contribution in [1.29, 1.82) is 0 Å². The molecule has 0 radical (unpaired) electrons. The largest absolute Gasteiger partial charge is 0.380 e. The summed E-state index contributed by atoms with van der Waals surface area (Å²) in [5.41, 5.74) is 3.20. The van der Waals surface area contributed by atoms with Gasteiger partial charge < -0.3 is 9.88 Å². The third kappa shape index (κ3) is 2.43. The number of rotatable bonds is 3. The first-order valence-corrected chi connectivity index (χ1v) is 7.10. The summed E-state index contributed by atoms with van der Waals surface area (Å²) in [7, 11) is 2.02. The van der Waals surface area contributed by atoms with Crippen molar-refractivity contribution < 1.29 is 0 Å². The number of hydrogen-bond donors (Lipinski definition) is 1. The van der Waals surface area contributed by atoms with E-state index >= 15 is 0 Å². The maximum absolute atomic E-state index is 5.81. The zero-order chi connectivity index (χ0) is 13.4. The number of aryl methyl sites for hydroxylation is 2. The molecule has 0 unspecified atom stereocenters. The third-order valence-corrected chi connectivity index (χ3v) is 4.21. The zero-order valence-corrected chi connectivity index (χ0v) is 12.2. The highest BCUT2D eigenvalue weighted by Gasteiger charge is 2.05. The van der Waals surface area contributed by atoms with Crippen molar-refractivity contribution in [1.82, 2.24) is 14.5 Å². The van der Waals surface area contributed by atoms with Gasteiger partial charge in [0.15, 0.2) is 4.47 Å². The molecule has 0 amide bonds. The number of nitrogens with zero attached hydrogens (tertiary/aromatic N) is 3. The predicted molar refractivity (Wildman–Crippen MR) is 79.9 cm³/mol. The van der Waals surface area contributed by atoms with Crippen LogP contribution in [0.2, 0.25) is 4.47 Å². The molecule has 6 heteroatoms. The van der Waals surface area contributed by atoms with E-state index in [2.05, 4.69) is 38.1 Å². The first-order valence-electron chi connectivity index (χ1n) is 5.90. The van der Waals surface area contributed by atoms with Crippen molar-refractivity contribution >= 4 is 39.7 Å².